The Hall–Kier alpha value is -2.67. The predicted molar refractivity (Wildman–Crippen MR) is 112 cm³/mol. The number of carbonyl (C=O) groups excluding carboxylic acids is 3. The molecule has 1 spiro atoms. The summed E-state index contributed by atoms with van der Waals surface area (Å²) in [5, 5.41) is 7.81. The number of imide groups is 1. The van der Waals surface area contributed by atoms with Crippen LogP contribution in [-0.4, -0.2) is 29.3 Å². The quantitative estimate of drug-likeness (QED) is 0.740. The van der Waals surface area contributed by atoms with Gasteiger partial charge >= 0.3 is 6.03 Å². The summed E-state index contributed by atoms with van der Waals surface area (Å²) >= 11 is 1.61. The van der Waals surface area contributed by atoms with E-state index in [2.05, 4.69) is 10.6 Å². The number of fused-ring (bicyclic) bond motifs is 2. The molecule has 0 radical (unpaired) electrons. The zero-order chi connectivity index (χ0) is 20.6. The van der Waals surface area contributed by atoms with Crippen LogP contribution >= 0.6 is 11.3 Å². The number of carbonyl (C=O) groups is 3. The van der Waals surface area contributed by atoms with Gasteiger partial charge in [0, 0.05) is 10.4 Å². The van der Waals surface area contributed by atoms with Crippen molar-refractivity contribution >= 4 is 29.2 Å². The number of hydrogen-bond acceptors (Lipinski definition) is 4. The summed E-state index contributed by atoms with van der Waals surface area (Å²) < 4.78 is 0. The summed E-state index contributed by atoms with van der Waals surface area (Å²) in [7, 11) is 0. The molecular formula is C22H25N3O3S. The molecule has 152 valence electrons. The van der Waals surface area contributed by atoms with Crippen LogP contribution in [0.1, 0.15) is 53.8 Å². The minimum atomic E-state index is -1.01. The summed E-state index contributed by atoms with van der Waals surface area (Å²) in [5.41, 5.74) is 2.04. The standard InChI is InChI=1S/C22H25N3O3S/c1-3-17(15-8-6-14(2)7-9-15)23-19(26)13-25-20(27)22(24-21(25)28)11-4-5-18-16(22)10-12-29-18/h6-10,12,17H,3-5,11,13H2,1-2H3,(H,23,26)(H,24,28)/t17-,22+/m0/s1. The molecule has 0 unspecified atom stereocenters. The SMILES string of the molecule is CC[C@H](NC(=O)CN1C(=O)N[C@@]2(CCCc3sccc32)C1=O)c1ccc(C)cc1. The van der Waals surface area contributed by atoms with Gasteiger partial charge < -0.3 is 10.6 Å². The number of benzene rings is 1. The Morgan fingerprint density at radius 1 is 1.28 bits per heavy atom. The van der Waals surface area contributed by atoms with Gasteiger partial charge in [0.05, 0.1) is 6.04 Å². The second kappa shape index (κ2) is 7.63. The largest absolute Gasteiger partial charge is 0.348 e. The molecule has 1 saturated heterocycles. The normalized spacial score (nSPS) is 21.8. The van der Waals surface area contributed by atoms with E-state index in [4.69, 9.17) is 0 Å². The molecule has 1 fully saturated rings. The van der Waals surface area contributed by atoms with Gasteiger partial charge in [0.2, 0.25) is 5.91 Å². The fraction of sp³-hybridized carbons (Fsp3) is 0.409. The van der Waals surface area contributed by atoms with Gasteiger partial charge in [0.25, 0.3) is 5.91 Å². The summed E-state index contributed by atoms with van der Waals surface area (Å²) in [5.74, 6) is -0.653. The molecule has 0 bridgehead atoms. The van der Waals surface area contributed by atoms with Crippen LogP contribution in [0.4, 0.5) is 4.79 Å². The number of rotatable bonds is 5. The number of nitrogens with zero attached hydrogens (tertiary/aromatic N) is 1. The second-order valence-electron chi connectivity index (χ2n) is 7.78. The van der Waals surface area contributed by atoms with Gasteiger partial charge in [0.1, 0.15) is 12.1 Å². The molecule has 7 heteroatoms. The maximum absolute atomic E-state index is 13.2. The van der Waals surface area contributed by atoms with Crippen molar-refractivity contribution in [2.24, 2.45) is 0 Å². The zero-order valence-corrected chi connectivity index (χ0v) is 17.5. The average Bonchev–Trinajstić information content (AvgIpc) is 3.28. The van der Waals surface area contributed by atoms with E-state index >= 15 is 0 Å². The third-order valence-electron chi connectivity index (χ3n) is 5.86. The Balaban J connectivity index is 1.48. The Morgan fingerprint density at radius 3 is 2.76 bits per heavy atom. The van der Waals surface area contributed by atoms with Crippen LogP contribution in [0.5, 0.6) is 0 Å². The van der Waals surface area contributed by atoms with Crippen molar-refractivity contribution < 1.29 is 14.4 Å². The van der Waals surface area contributed by atoms with Gasteiger partial charge in [-0.2, -0.15) is 0 Å². The molecule has 1 aromatic heterocycles. The lowest BCUT2D eigenvalue weighted by molar-refractivity contribution is -0.135. The molecule has 2 atom stereocenters. The van der Waals surface area contributed by atoms with E-state index in [1.165, 1.54) is 0 Å². The molecule has 0 saturated carbocycles. The highest BCUT2D eigenvalue weighted by molar-refractivity contribution is 7.10. The minimum absolute atomic E-state index is 0.156. The zero-order valence-electron chi connectivity index (χ0n) is 16.7. The van der Waals surface area contributed by atoms with Crippen LogP contribution < -0.4 is 10.6 Å². The molecule has 29 heavy (non-hydrogen) atoms. The maximum atomic E-state index is 13.2. The molecule has 4 amide bonds. The monoisotopic (exact) mass is 411 g/mol. The van der Waals surface area contributed by atoms with E-state index < -0.39 is 11.6 Å². The Kier molecular flexibility index (Phi) is 5.17. The van der Waals surface area contributed by atoms with Crippen molar-refractivity contribution in [2.75, 3.05) is 6.54 Å². The van der Waals surface area contributed by atoms with Gasteiger partial charge in [-0.15, -0.1) is 11.3 Å². The Labute approximate surface area is 174 Å². The lowest BCUT2D eigenvalue weighted by Gasteiger charge is -2.31. The van der Waals surface area contributed by atoms with E-state index in [1.54, 1.807) is 11.3 Å². The van der Waals surface area contributed by atoms with Crippen molar-refractivity contribution in [1.29, 1.82) is 0 Å². The van der Waals surface area contributed by atoms with Gasteiger partial charge in [0.15, 0.2) is 0 Å². The van der Waals surface area contributed by atoms with Gasteiger partial charge in [-0.25, -0.2) is 4.79 Å². The van der Waals surface area contributed by atoms with Crippen LogP contribution in [0.2, 0.25) is 0 Å². The molecule has 2 aromatic rings. The molecule has 2 N–H and O–H groups in total. The van der Waals surface area contributed by atoms with Gasteiger partial charge in [-0.1, -0.05) is 36.8 Å². The lowest BCUT2D eigenvalue weighted by Crippen LogP contribution is -2.47. The molecular weight excluding hydrogens is 386 g/mol. The van der Waals surface area contributed by atoms with Crippen LogP contribution in [0.3, 0.4) is 0 Å². The molecule has 2 aliphatic rings. The van der Waals surface area contributed by atoms with Gasteiger partial charge in [-0.3, -0.25) is 14.5 Å². The van der Waals surface area contributed by atoms with Crippen LogP contribution in [0, 0.1) is 6.92 Å². The number of aryl methyl sites for hydroxylation is 2. The maximum Gasteiger partial charge on any atom is 0.325 e. The minimum Gasteiger partial charge on any atom is -0.348 e. The summed E-state index contributed by atoms with van der Waals surface area (Å²) in [6, 6.07) is 9.27. The first kappa shape index (κ1) is 19.6. The third kappa shape index (κ3) is 3.44. The second-order valence-corrected chi connectivity index (χ2v) is 8.78. The Bertz CT molecular complexity index is 952. The fourth-order valence-electron chi connectivity index (χ4n) is 4.29. The van der Waals surface area contributed by atoms with Crippen molar-refractivity contribution in [3.05, 3.63) is 57.3 Å². The molecule has 1 aliphatic heterocycles. The van der Waals surface area contributed by atoms with E-state index in [0.717, 1.165) is 45.7 Å². The van der Waals surface area contributed by atoms with Crippen LogP contribution in [0.15, 0.2) is 35.7 Å². The number of nitrogens with one attached hydrogen (secondary N) is 2. The first-order valence-electron chi connectivity index (χ1n) is 10.0. The molecule has 6 nitrogen and oxygen atoms in total. The van der Waals surface area contributed by atoms with Crippen molar-refractivity contribution in [1.82, 2.24) is 15.5 Å². The van der Waals surface area contributed by atoms with Crippen LogP contribution in [0.25, 0.3) is 0 Å². The van der Waals surface area contributed by atoms with E-state index in [0.29, 0.717) is 6.42 Å². The van der Waals surface area contributed by atoms with Crippen molar-refractivity contribution in [3.63, 3.8) is 0 Å². The Morgan fingerprint density at radius 2 is 2.03 bits per heavy atom. The highest BCUT2D eigenvalue weighted by Gasteiger charge is 2.54. The first-order chi connectivity index (χ1) is 13.9. The first-order valence-corrected chi connectivity index (χ1v) is 10.9. The number of hydrogen-bond donors (Lipinski definition) is 2. The molecule has 1 aliphatic carbocycles. The average molecular weight is 412 g/mol. The van der Waals surface area contributed by atoms with Crippen LogP contribution in [-0.2, 0) is 21.5 Å². The van der Waals surface area contributed by atoms with E-state index in [1.807, 2.05) is 49.6 Å². The predicted octanol–water partition coefficient (Wildman–Crippen LogP) is 3.41. The third-order valence-corrected chi connectivity index (χ3v) is 6.84. The van der Waals surface area contributed by atoms with E-state index in [9.17, 15) is 14.4 Å². The fourth-order valence-corrected chi connectivity index (χ4v) is 5.29. The van der Waals surface area contributed by atoms with Gasteiger partial charge in [-0.05, 0) is 49.6 Å². The summed E-state index contributed by atoms with van der Waals surface area (Å²) in [6.07, 6.45) is 3.05. The highest BCUT2D eigenvalue weighted by Crippen LogP contribution is 2.42. The summed E-state index contributed by atoms with van der Waals surface area (Å²) in [4.78, 5) is 40.7. The number of amides is 4. The highest BCUT2D eigenvalue weighted by atomic mass is 32.1. The lowest BCUT2D eigenvalue weighted by atomic mass is 9.80. The molecule has 2 heterocycles. The summed E-state index contributed by atoms with van der Waals surface area (Å²) in [6.45, 7) is 3.74. The van der Waals surface area contributed by atoms with E-state index in [-0.39, 0.29) is 24.4 Å². The molecule has 1 aromatic carbocycles. The smallest absolute Gasteiger partial charge is 0.325 e. The van der Waals surface area contributed by atoms with Crippen molar-refractivity contribution in [3.8, 4) is 0 Å². The number of urea groups is 1. The topological polar surface area (TPSA) is 78.5 Å². The number of thiophene rings is 1. The van der Waals surface area contributed by atoms with Crippen molar-refractivity contribution in [2.45, 2.75) is 51.1 Å². The molecule has 4 rings (SSSR count).